The first-order valence-electron chi connectivity index (χ1n) is 10.8. The molecule has 0 aromatic heterocycles. The van der Waals surface area contributed by atoms with E-state index in [2.05, 4.69) is 26.6 Å². The van der Waals surface area contributed by atoms with Gasteiger partial charge in [0.15, 0.2) is 0 Å². The van der Waals surface area contributed by atoms with Gasteiger partial charge in [-0.25, -0.2) is 4.79 Å². The predicted molar refractivity (Wildman–Crippen MR) is 130 cm³/mol. The molecule has 3 aromatic carbocycles. The number of hydrogen-bond donors (Lipinski definition) is 3. The second kappa shape index (κ2) is 10.5. The number of alkyl carbamates (subject to hydrolysis) is 1. The van der Waals surface area contributed by atoms with E-state index in [1.807, 2.05) is 72.8 Å². The van der Waals surface area contributed by atoms with Gasteiger partial charge < -0.3 is 20.5 Å². The van der Waals surface area contributed by atoms with Crippen LogP contribution in [0.2, 0.25) is 0 Å². The highest BCUT2D eigenvalue weighted by molar-refractivity contribution is 9.10. The van der Waals surface area contributed by atoms with E-state index in [1.165, 1.54) is 0 Å². The van der Waals surface area contributed by atoms with Crippen molar-refractivity contribution in [2.75, 3.05) is 6.61 Å². The molecule has 0 radical (unpaired) electrons. The molecule has 0 spiro atoms. The van der Waals surface area contributed by atoms with Crippen molar-refractivity contribution in [3.63, 3.8) is 0 Å². The first-order chi connectivity index (χ1) is 16.4. The van der Waals surface area contributed by atoms with E-state index >= 15 is 0 Å². The van der Waals surface area contributed by atoms with Crippen LogP contribution in [0.4, 0.5) is 4.79 Å². The van der Waals surface area contributed by atoms with Crippen LogP contribution in [0.3, 0.4) is 0 Å². The van der Waals surface area contributed by atoms with Crippen LogP contribution in [-0.4, -0.2) is 35.7 Å². The quantitative estimate of drug-likeness (QED) is 0.405. The van der Waals surface area contributed by atoms with Crippen LogP contribution in [0.1, 0.15) is 29.0 Å². The van der Waals surface area contributed by atoms with E-state index in [-0.39, 0.29) is 19.1 Å². The molecular formula is C26H23BrN2O5. The Kier molecular flexibility index (Phi) is 7.27. The smallest absolute Gasteiger partial charge is 0.407 e. The molecule has 1 aliphatic rings. The summed E-state index contributed by atoms with van der Waals surface area (Å²) < 4.78 is 6.36. The summed E-state index contributed by atoms with van der Waals surface area (Å²) in [5.41, 5.74) is 5.16. The Morgan fingerprint density at radius 1 is 0.912 bits per heavy atom. The zero-order chi connectivity index (χ0) is 24.1. The van der Waals surface area contributed by atoms with Crippen molar-refractivity contribution >= 4 is 33.9 Å². The molecule has 0 fully saturated rings. The third-order valence-electron chi connectivity index (χ3n) is 5.71. The summed E-state index contributed by atoms with van der Waals surface area (Å²) in [4.78, 5) is 36.4. The number of nitrogens with one attached hydrogen (secondary N) is 2. The molecular weight excluding hydrogens is 500 g/mol. The third kappa shape index (κ3) is 5.46. The maximum absolute atomic E-state index is 12.6. The maximum atomic E-state index is 12.6. The van der Waals surface area contributed by atoms with Crippen LogP contribution in [0.15, 0.2) is 77.3 Å². The van der Waals surface area contributed by atoms with Crippen LogP contribution < -0.4 is 10.6 Å². The number of halogens is 1. The summed E-state index contributed by atoms with van der Waals surface area (Å²) in [7, 11) is 0. The predicted octanol–water partition coefficient (Wildman–Crippen LogP) is 4.45. The van der Waals surface area contributed by atoms with Crippen LogP contribution >= 0.6 is 15.9 Å². The number of carboxylic acids is 1. The number of fused-ring (bicyclic) bond motifs is 3. The third-order valence-corrected chi connectivity index (χ3v) is 6.24. The van der Waals surface area contributed by atoms with Gasteiger partial charge in [0.05, 0.1) is 6.42 Å². The molecule has 34 heavy (non-hydrogen) atoms. The van der Waals surface area contributed by atoms with Crippen LogP contribution in [0.5, 0.6) is 0 Å². The molecule has 0 bridgehead atoms. The van der Waals surface area contributed by atoms with E-state index in [1.54, 1.807) is 0 Å². The number of benzene rings is 3. The molecule has 0 saturated carbocycles. The van der Waals surface area contributed by atoms with Gasteiger partial charge in [-0.15, -0.1) is 0 Å². The minimum absolute atomic E-state index is 0.0696. The molecule has 3 aromatic rings. The summed E-state index contributed by atoms with van der Waals surface area (Å²) in [6, 6.07) is 22.0. The molecule has 1 aliphatic carbocycles. The van der Waals surface area contributed by atoms with Gasteiger partial charge in [0.25, 0.3) is 0 Å². The number of carboxylic acid groups (broad SMARTS) is 1. The Morgan fingerprint density at radius 2 is 1.50 bits per heavy atom. The topological polar surface area (TPSA) is 105 Å². The summed E-state index contributed by atoms with van der Waals surface area (Å²) in [5, 5.41) is 14.3. The average Bonchev–Trinajstić information content (AvgIpc) is 3.15. The van der Waals surface area contributed by atoms with Crippen LogP contribution in [0, 0.1) is 0 Å². The number of carbonyl (C=O) groups excluding carboxylic acids is 2. The summed E-state index contributed by atoms with van der Waals surface area (Å²) in [6.07, 6.45) is -1.40. The van der Waals surface area contributed by atoms with E-state index in [9.17, 15) is 19.5 Å². The van der Waals surface area contributed by atoms with Crippen molar-refractivity contribution in [1.29, 1.82) is 0 Å². The van der Waals surface area contributed by atoms with Gasteiger partial charge in [-0.05, 0) is 39.9 Å². The van der Waals surface area contributed by atoms with Crippen molar-refractivity contribution in [2.45, 2.75) is 24.9 Å². The van der Waals surface area contributed by atoms with Gasteiger partial charge in [0.2, 0.25) is 5.91 Å². The van der Waals surface area contributed by atoms with Crippen molar-refractivity contribution < 1.29 is 24.2 Å². The summed E-state index contributed by atoms with van der Waals surface area (Å²) >= 11 is 3.35. The lowest BCUT2D eigenvalue weighted by atomic mass is 9.98. The fourth-order valence-electron chi connectivity index (χ4n) is 4.08. The van der Waals surface area contributed by atoms with Gasteiger partial charge in [0, 0.05) is 16.9 Å². The fourth-order valence-corrected chi connectivity index (χ4v) is 4.35. The lowest BCUT2D eigenvalue weighted by Gasteiger charge is -2.19. The van der Waals surface area contributed by atoms with Gasteiger partial charge in [-0.1, -0.05) is 76.6 Å². The molecule has 3 N–H and O–H groups in total. The highest BCUT2D eigenvalue weighted by Gasteiger charge is 2.30. The van der Waals surface area contributed by atoms with E-state index in [0.717, 1.165) is 32.3 Å². The number of ether oxygens (including phenoxy) is 1. The van der Waals surface area contributed by atoms with Crippen LogP contribution in [0.25, 0.3) is 11.1 Å². The van der Waals surface area contributed by atoms with Gasteiger partial charge in [0.1, 0.15) is 12.6 Å². The van der Waals surface area contributed by atoms with E-state index < -0.39 is 30.4 Å². The second-order valence-electron chi connectivity index (χ2n) is 7.96. The van der Waals surface area contributed by atoms with Gasteiger partial charge >= 0.3 is 12.1 Å². The molecule has 174 valence electrons. The molecule has 4 rings (SSSR count). The highest BCUT2D eigenvalue weighted by atomic mass is 79.9. The molecule has 0 saturated heterocycles. The molecule has 1 atom stereocenters. The normalized spacial score (nSPS) is 12.9. The van der Waals surface area contributed by atoms with Gasteiger partial charge in [-0.3, -0.25) is 9.59 Å². The Hall–Kier alpha value is -3.65. The van der Waals surface area contributed by atoms with Crippen LogP contribution in [-0.2, 0) is 20.9 Å². The first kappa shape index (κ1) is 23.5. The minimum Gasteiger partial charge on any atom is -0.481 e. The second-order valence-corrected chi connectivity index (χ2v) is 8.88. The Bertz CT molecular complexity index is 1170. The lowest BCUT2D eigenvalue weighted by molar-refractivity contribution is -0.139. The van der Waals surface area contributed by atoms with Gasteiger partial charge in [-0.2, -0.15) is 0 Å². The molecule has 8 heteroatoms. The van der Waals surface area contributed by atoms with Crippen molar-refractivity contribution in [1.82, 2.24) is 10.6 Å². The lowest BCUT2D eigenvalue weighted by Crippen LogP contribution is -2.48. The van der Waals surface area contributed by atoms with E-state index in [0.29, 0.717) is 0 Å². The monoisotopic (exact) mass is 522 g/mol. The molecule has 2 amide bonds. The molecule has 1 unspecified atom stereocenters. The zero-order valence-corrected chi connectivity index (χ0v) is 19.7. The molecule has 7 nitrogen and oxygen atoms in total. The summed E-state index contributed by atoms with van der Waals surface area (Å²) in [5.74, 6) is -1.94. The fraction of sp³-hybridized carbons (Fsp3) is 0.192. The Balaban J connectivity index is 1.38. The Morgan fingerprint density at radius 3 is 2.09 bits per heavy atom. The van der Waals surface area contributed by atoms with Crippen molar-refractivity contribution in [2.24, 2.45) is 0 Å². The molecule has 0 aliphatic heterocycles. The maximum Gasteiger partial charge on any atom is 0.407 e. The van der Waals surface area contributed by atoms with Crippen molar-refractivity contribution in [3.8, 4) is 11.1 Å². The largest absolute Gasteiger partial charge is 0.481 e. The number of hydrogen-bond acceptors (Lipinski definition) is 4. The summed E-state index contributed by atoms with van der Waals surface area (Å²) in [6.45, 7) is 0.273. The average molecular weight is 523 g/mol. The van der Waals surface area contributed by atoms with E-state index in [4.69, 9.17) is 4.74 Å². The standard InChI is InChI=1S/C26H23BrN2O5/c27-17-11-9-16(10-12-17)14-28-25(32)23(13-24(30)31)29-26(33)34-15-22-20-7-3-1-5-18(20)19-6-2-4-8-21(19)22/h1-12,22-23H,13-15H2,(H,28,32)(H,29,33)(H,30,31). The number of amides is 2. The highest BCUT2D eigenvalue weighted by Crippen LogP contribution is 2.44. The first-order valence-corrected chi connectivity index (χ1v) is 11.6. The Labute approximate surface area is 205 Å². The zero-order valence-electron chi connectivity index (χ0n) is 18.2. The molecule has 0 heterocycles. The van der Waals surface area contributed by atoms with Crippen molar-refractivity contribution in [3.05, 3.63) is 94.0 Å². The minimum atomic E-state index is -1.26. The number of carbonyl (C=O) groups is 3. The SMILES string of the molecule is O=C(O)CC(NC(=O)OCC1c2ccccc2-c2ccccc21)C(=O)NCc1ccc(Br)cc1. The number of aliphatic carboxylic acids is 1. The number of rotatable bonds is 8.